The minimum absolute atomic E-state index is 0.546. The third-order valence-corrected chi connectivity index (χ3v) is 3.81. The maximum absolute atomic E-state index is 11.5. The second-order valence-electron chi connectivity index (χ2n) is 4.41. The van der Waals surface area contributed by atoms with E-state index in [2.05, 4.69) is 23.3 Å². The van der Waals surface area contributed by atoms with E-state index < -0.39 is 10.2 Å². The molecule has 0 atom stereocenters. The van der Waals surface area contributed by atoms with Gasteiger partial charge in [0, 0.05) is 13.1 Å². The van der Waals surface area contributed by atoms with Crippen molar-refractivity contribution in [1.29, 1.82) is 0 Å². The lowest BCUT2D eigenvalue weighted by molar-refractivity contribution is 0.553. The van der Waals surface area contributed by atoms with Crippen LogP contribution in [0.3, 0.4) is 0 Å². The Balaban J connectivity index is 3.46. The van der Waals surface area contributed by atoms with Crippen LogP contribution in [-0.2, 0) is 10.2 Å². The molecule has 0 bridgehead atoms. The highest BCUT2D eigenvalue weighted by Gasteiger charge is 2.06. The minimum atomic E-state index is -3.26. The van der Waals surface area contributed by atoms with Crippen molar-refractivity contribution >= 4 is 10.2 Å². The molecule has 0 fully saturated rings. The second-order valence-corrected chi connectivity index (χ2v) is 6.00. The monoisotopic (exact) mass is 264 g/mol. The molecule has 0 aliphatic heterocycles. The van der Waals surface area contributed by atoms with Gasteiger partial charge < -0.3 is 0 Å². The van der Waals surface area contributed by atoms with Crippen LogP contribution in [0.5, 0.6) is 0 Å². The van der Waals surface area contributed by atoms with Gasteiger partial charge >= 0.3 is 0 Å². The summed E-state index contributed by atoms with van der Waals surface area (Å²) in [6.07, 6.45) is 8.71. The molecule has 0 aliphatic carbocycles. The first-order chi connectivity index (χ1) is 8.12. The zero-order valence-corrected chi connectivity index (χ0v) is 12.1. The molecular weight excluding hydrogens is 236 g/mol. The SMILES string of the molecule is CCCCCCNS(=O)(=O)NCCCCCC. The molecule has 0 radical (unpaired) electrons. The summed E-state index contributed by atoms with van der Waals surface area (Å²) in [6.45, 7) is 5.37. The third-order valence-electron chi connectivity index (χ3n) is 2.64. The summed E-state index contributed by atoms with van der Waals surface area (Å²) >= 11 is 0. The van der Waals surface area contributed by atoms with Gasteiger partial charge in [-0.15, -0.1) is 0 Å². The maximum Gasteiger partial charge on any atom is 0.276 e. The van der Waals surface area contributed by atoms with E-state index in [0.29, 0.717) is 13.1 Å². The Hall–Kier alpha value is -0.130. The lowest BCUT2D eigenvalue weighted by Crippen LogP contribution is -2.37. The highest BCUT2D eigenvalue weighted by molar-refractivity contribution is 7.87. The van der Waals surface area contributed by atoms with E-state index in [4.69, 9.17) is 0 Å². The topological polar surface area (TPSA) is 58.2 Å². The van der Waals surface area contributed by atoms with Crippen LogP contribution in [0.2, 0.25) is 0 Å². The van der Waals surface area contributed by atoms with Crippen molar-refractivity contribution in [2.24, 2.45) is 0 Å². The highest BCUT2D eigenvalue weighted by Crippen LogP contribution is 1.98. The van der Waals surface area contributed by atoms with Gasteiger partial charge in [-0.05, 0) is 12.8 Å². The van der Waals surface area contributed by atoms with Crippen LogP contribution in [0.4, 0.5) is 0 Å². The average Bonchev–Trinajstić information content (AvgIpc) is 2.28. The van der Waals surface area contributed by atoms with Gasteiger partial charge in [0.1, 0.15) is 0 Å². The normalized spacial score (nSPS) is 11.9. The van der Waals surface area contributed by atoms with Crippen molar-refractivity contribution in [2.75, 3.05) is 13.1 Å². The van der Waals surface area contributed by atoms with E-state index >= 15 is 0 Å². The van der Waals surface area contributed by atoms with Crippen molar-refractivity contribution < 1.29 is 8.42 Å². The molecule has 0 rings (SSSR count). The molecule has 0 amide bonds. The van der Waals surface area contributed by atoms with Crippen LogP contribution in [0.25, 0.3) is 0 Å². The number of unbranched alkanes of at least 4 members (excludes halogenated alkanes) is 6. The lowest BCUT2D eigenvalue weighted by Gasteiger charge is -2.07. The van der Waals surface area contributed by atoms with E-state index in [-0.39, 0.29) is 0 Å². The van der Waals surface area contributed by atoms with E-state index in [0.717, 1.165) is 25.7 Å². The van der Waals surface area contributed by atoms with Crippen LogP contribution in [-0.4, -0.2) is 21.5 Å². The maximum atomic E-state index is 11.5. The molecule has 5 heteroatoms. The first kappa shape index (κ1) is 16.9. The molecule has 4 nitrogen and oxygen atoms in total. The molecule has 2 N–H and O–H groups in total. The predicted molar refractivity (Wildman–Crippen MR) is 73.2 cm³/mol. The number of rotatable bonds is 12. The molecule has 104 valence electrons. The number of hydrogen-bond donors (Lipinski definition) is 2. The molecule has 0 aromatic rings. The van der Waals surface area contributed by atoms with Crippen LogP contribution in [0.1, 0.15) is 65.2 Å². The third kappa shape index (κ3) is 12.1. The van der Waals surface area contributed by atoms with E-state index in [1.54, 1.807) is 0 Å². The summed E-state index contributed by atoms with van der Waals surface area (Å²) in [4.78, 5) is 0. The summed E-state index contributed by atoms with van der Waals surface area (Å²) in [6, 6.07) is 0. The van der Waals surface area contributed by atoms with Crippen molar-refractivity contribution in [1.82, 2.24) is 9.44 Å². The molecule has 0 saturated heterocycles. The fourth-order valence-corrected chi connectivity index (χ4v) is 2.50. The quantitative estimate of drug-likeness (QED) is 0.532. The Kier molecular flexibility index (Phi) is 10.9. The molecule has 17 heavy (non-hydrogen) atoms. The fraction of sp³-hybridized carbons (Fsp3) is 1.00. The smallest absolute Gasteiger partial charge is 0.202 e. The summed E-state index contributed by atoms with van der Waals surface area (Å²) in [5.41, 5.74) is 0. The second kappa shape index (κ2) is 11.0. The first-order valence-corrected chi connectivity index (χ1v) is 8.35. The van der Waals surface area contributed by atoms with Gasteiger partial charge in [-0.1, -0.05) is 52.4 Å². The molecule has 0 aromatic carbocycles. The van der Waals surface area contributed by atoms with Crippen molar-refractivity contribution in [3.8, 4) is 0 Å². The Morgan fingerprint density at radius 3 is 1.47 bits per heavy atom. The van der Waals surface area contributed by atoms with Crippen molar-refractivity contribution in [3.63, 3.8) is 0 Å². The van der Waals surface area contributed by atoms with E-state index in [9.17, 15) is 8.42 Å². The summed E-state index contributed by atoms with van der Waals surface area (Å²) in [5.74, 6) is 0. The van der Waals surface area contributed by atoms with Gasteiger partial charge in [-0.2, -0.15) is 8.42 Å². The molecule has 0 aromatic heterocycles. The van der Waals surface area contributed by atoms with Gasteiger partial charge in [0.25, 0.3) is 10.2 Å². The molecule has 0 spiro atoms. The van der Waals surface area contributed by atoms with Crippen LogP contribution in [0.15, 0.2) is 0 Å². The predicted octanol–water partition coefficient (Wildman–Crippen LogP) is 2.57. The van der Waals surface area contributed by atoms with E-state index in [1.807, 2.05) is 0 Å². The number of hydrogen-bond acceptors (Lipinski definition) is 2. The van der Waals surface area contributed by atoms with Crippen molar-refractivity contribution in [3.05, 3.63) is 0 Å². The van der Waals surface area contributed by atoms with Crippen LogP contribution < -0.4 is 9.44 Å². The van der Waals surface area contributed by atoms with Crippen molar-refractivity contribution in [2.45, 2.75) is 65.2 Å². The van der Waals surface area contributed by atoms with Gasteiger partial charge in [0.2, 0.25) is 0 Å². The largest absolute Gasteiger partial charge is 0.276 e. The summed E-state index contributed by atoms with van der Waals surface area (Å²) in [5, 5.41) is 0. The first-order valence-electron chi connectivity index (χ1n) is 6.86. The van der Waals surface area contributed by atoms with Crippen LogP contribution in [0, 0.1) is 0 Å². The average molecular weight is 264 g/mol. The van der Waals surface area contributed by atoms with Gasteiger partial charge in [-0.25, -0.2) is 9.44 Å². The Morgan fingerprint density at radius 2 is 1.12 bits per heavy atom. The summed E-state index contributed by atoms with van der Waals surface area (Å²) < 4.78 is 28.1. The van der Waals surface area contributed by atoms with E-state index in [1.165, 1.54) is 25.7 Å². The summed E-state index contributed by atoms with van der Waals surface area (Å²) in [7, 11) is -3.26. The molecule has 0 aliphatic rings. The Morgan fingerprint density at radius 1 is 0.706 bits per heavy atom. The van der Waals surface area contributed by atoms with Crippen LogP contribution >= 0.6 is 0 Å². The zero-order valence-electron chi connectivity index (χ0n) is 11.3. The lowest BCUT2D eigenvalue weighted by atomic mass is 10.2. The van der Waals surface area contributed by atoms with Gasteiger partial charge in [-0.3, -0.25) is 0 Å². The Bertz CT molecular complexity index is 233. The Labute approximate surface area is 107 Å². The van der Waals surface area contributed by atoms with Gasteiger partial charge in [0.15, 0.2) is 0 Å². The fourth-order valence-electron chi connectivity index (χ4n) is 1.57. The standard InChI is InChI=1S/C12H28N2O2S/c1-3-5-7-9-11-13-17(15,16)14-12-10-8-6-4-2/h13-14H,3-12H2,1-2H3. The molecular formula is C12H28N2O2S. The zero-order chi connectivity index (χ0) is 13.0. The highest BCUT2D eigenvalue weighted by atomic mass is 32.2. The molecule has 0 unspecified atom stereocenters. The van der Waals surface area contributed by atoms with Gasteiger partial charge in [0.05, 0.1) is 0 Å². The minimum Gasteiger partial charge on any atom is -0.202 e. The molecule has 0 saturated carbocycles. The number of nitrogens with one attached hydrogen (secondary N) is 2. The molecule has 0 heterocycles.